The minimum atomic E-state index is -3.59. The molecule has 0 radical (unpaired) electrons. The van der Waals surface area contributed by atoms with Crippen LogP contribution in [-0.4, -0.2) is 39.9 Å². The fraction of sp³-hybridized carbons (Fsp3) is 0.148. The molecule has 0 saturated heterocycles. The molecule has 5 aromatic rings. The first kappa shape index (κ1) is 23.4. The summed E-state index contributed by atoms with van der Waals surface area (Å²) in [7, 11) is -3.59. The van der Waals surface area contributed by atoms with E-state index >= 15 is 0 Å². The number of aromatic nitrogens is 5. The van der Waals surface area contributed by atoms with Crippen LogP contribution in [0.3, 0.4) is 0 Å². The fourth-order valence-electron chi connectivity index (χ4n) is 4.48. The highest BCUT2D eigenvalue weighted by Crippen LogP contribution is 2.41. The van der Waals surface area contributed by atoms with E-state index in [0.29, 0.717) is 6.54 Å². The van der Waals surface area contributed by atoms with Gasteiger partial charge in [-0.3, -0.25) is 5.10 Å². The van der Waals surface area contributed by atoms with E-state index in [0.717, 1.165) is 33.8 Å². The number of benzene rings is 2. The largest absolute Gasteiger partial charge is 0.277 e. The Balaban J connectivity index is 1.15. The number of nitrogens with zero attached hydrogens (tertiary/aromatic N) is 4. The van der Waals surface area contributed by atoms with Crippen LogP contribution in [-0.2, 0) is 23.0 Å². The topological polar surface area (TPSA) is 106 Å². The van der Waals surface area contributed by atoms with Gasteiger partial charge in [0.25, 0.3) is 0 Å². The number of fused-ring (bicyclic) bond motifs is 3. The molecule has 0 unspecified atom stereocenters. The van der Waals surface area contributed by atoms with Crippen molar-refractivity contribution in [1.82, 2.24) is 29.7 Å². The highest BCUT2D eigenvalue weighted by atomic mass is 32.2. The monoisotopic (exact) mass is 526 g/mol. The van der Waals surface area contributed by atoms with Gasteiger partial charge < -0.3 is 0 Å². The first-order valence-corrected chi connectivity index (χ1v) is 14.0. The van der Waals surface area contributed by atoms with Gasteiger partial charge in [0.05, 0.1) is 34.2 Å². The van der Waals surface area contributed by atoms with Crippen LogP contribution in [0.25, 0.3) is 22.5 Å². The number of nitrogens with one attached hydrogen (secondary N) is 2. The lowest BCUT2D eigenvalue weighted by Crippen LogP contribution is -2.24. The molecule has 2 aromatic carbocycles. The van der Waals surface area contributed by atoms with Gasteiger partial charge in [-0.15, -0.1) is 11.3 Å². The molecule has 1 aliphatic carbocycles. The summed E-state index contributed by atoms with van der Waals surface area (Å²) in [5, 5.41) is 14.0. The van der Waals surface area contributed by atoms with Crippen molar-refractivity contribution in [3.05, 3.63) is 93.7 Å². The molecule has 184 valence electrons. The zero-order valence-electron chi connectivity index (χ0n) is 19.9. The highest BCUT2D eigenvalue weighted by molar-refractivity contribution is 7.89. The van der Waals surface area contributed by atoms with Crippen molar-refractivity contribution in [2.75, 3.05) is 6.54 Å². The van der Waals surface area contributed by atoms with Gasteiger partial charge in [-0.05, 0) is 41.8 Å². The first-order valence-electron chi connectivity index (χ1n) is 11.6. The van der Waals surface area contributed by atoms with Crippen molar-refractivity contribution >= 4 is 21.4 Å². The Morgan fingerprint density at radius 1 is 1.19 bits per heavy atom. The quantitative estimate of drug-likeness (QED) is 0.319. The van der Waals surface area contributed by atoms with Crippen molar-refractivity contribution in [3.63, 3.8) is 0 Å². The smallest absolute Gasteiger partial charge is 0.241 e. The van der Waals surface area contributed by atoms with Crippen LogP contribution in [0.15, 0.2) is 71.5 Å². The molecule has 37 heavy (non-hydrogen) atoms. The summed E-state index contributed by atoms with van der Waals surface area (Å²) in [4.78, 5) is 5.11. The Bertz CT molecular complexity index is 1770. The molecule has 6 rings (SSSR count). The van der Waals surface area contributed by atoms with Crippen LogP contribution in [0, 0.1) is 18.8 Å². The molecule has 8 nitrogen and oxygen atoms in total. The van der Waals surface area contributed by atoms with Gasteiger partial charge in [0.15, 0.2) is 0 Å². The summed E-state index contributed by atoms with van der Waals surface area (Å²) in [6.07, 6.45) is 4.06. The molecule has 3 heterocycles. The molecule has 0 atom stereocenters. The van der Waals surface area contributed by atoms with Gasteiger partial charge in [-0.25, -0.2) is 18.1 Å². The lowest BCUT2D eigenvalue weighted by atomic mass is 10.1. The Morgan fingerprint density at radius 3 is 2.95 bits per heavy atom. The third-order valence-corrected chi connectivity index (χ3v) is 8.46. The zero-order chi connectivity index (χ0) is 25.4. The molecule has 0 fully saturated rings. The molecule has 0 bridgehead atoms. The molecule has 0 saturated carbocycles. The molecule has 0 spiro atoms. The van der Waals surface area contributed by atoms with E-state index in [1.54, 1.807) is 30.9 Å². The number of sulfonamides is 1. The molecule has 0 aliphatic heterocycles. The summed E-state index contributed by atoms with van der Waals surface area (Å²) < 4.78 is 29.3. The van der Waals surface area contributed by atoms with Gasteiger partial charge in [0, 0.05) is 28.5 Å². The highest BCUT2D eigenvalue weighted by Gasteiger charge is 2.25. The second-order valence-electron chi connectivity index (χ2n) is 8.83. The fourth-order valence-corrected chi connectivity index (χ4v) is 6.27. The minimum Gasteiger partial charge on any atom is -0.277 e. The number of aryl methyl sites for hydroxylation is 1. The standard InChI is InChI=1S/C27H22N6O2S2/c1-18-4-2-6-23(10-18)37(34,35)30-9-3-5-22-12-21(15-36-22)26-25-13-20-11-19(14-33-17-28-16-29-33)7-8-24(20)27(25)32-31-26/h2,4,6-8,10-12,15-17,30H,9,13-14H2,1H3,(H,31,32). The Kier molecular flexibility index (Phi) is 5.96. The van der Waals surface area contributed by atoms with Crippen LogP contribution in [0.2, 0.25) is 0 Å². The van der Waals surface area contributed by atoms with E-state index in [1.807, 2.05) is 29.1 Å². The van der Waals surface area contributed by atoms with Gasteiger partial charge in [-0.1, -0.05) is 42.2 Å². The van der Waals surface area contributed by atoms with Gasteiger partial charge in [0.1, 0.15) is 12.7 Å². The average Bonchev–Trinajstić information content (AvgIpc) is 3.67. The maximum atomic E-state index is 12.5. The SMILES string of the molecule is Cc1cccc(S(=O)(=O)NCC#Cc2cc(-c3n[nH]c4c3Cc3cc(Cn5cncn5)ccc3-4)cs2)c1. The summed E-state index contributed by atoms with van der Waals surface area (Å²) in [5.74, 6) is 5.99. The molecular weight excluding hydrogens is 504 g/mol. The van der Waals surface area contributed by atoms with E-state index in [1.165, 1.54) is 33.6 Å². The molecule has 3 aromatic heterocycles. The minimum absolute atomic E-state index is 0.0353. The van der Waals surface area contributed by atoms with Crippen LogP contribution in [0.5, 0.6) is 0 Å². The number of rotatable bonds is 6. The van der Waals surface area contributed by atoms with E-state index in [2.05, 4.69) is 55.0 Å². The maximum Gasteiger partial charge on any atom is 0.241 e. The Hall–Kier alpha value is -4.04. The number of H-pyrrole nitrogens is 1. The van der Waals surface area contributed by atoms with Crippen molar-refractivity contribution in [1.29, 1.82) is 0 Å². The molecule has 10 heteroatoms. The lowest BCUT2D eigenvalue weighted by Gasteiger charge is -2.05. The number of hydrogen-bond donors (Lipinski definition) is 2. The lowest BCUT2D eigenvalue weighted by molar-refractivity contribution is 0.586. The maximum absolute atomic E-state index is 12.5. The van der Waals surface area contributed by atoms with Crippen molar-refractivity contribution in [3.8, 4) is 34.4 Å². The zero-order valence-corrected chi connectivity index (χ0v) is 21.5. The third kappa shape index (κ3) is 4.72. The van der Waals surface area contributed by atoms with Crippen LogP contribution in [0.1, 0.15) is 27.1 Å². The number of aromatic amines is 1. The second kappa shape index (κ2) is 9.44. The van der Waals surface area contributed by atoms with Gasteiger partial charge in [-0.2, -0.15) is 14.9 Å². The van der Waals surface area contributed by atoms with Crippen LogP contribution < -0.4 is 4.72 Å². The summed E-state index contributed by atoms with van der Waals surface area (Å²) in [5.41, 5.74) is 8.66. The van der Waals surface area contributed by atoms with Crippen molar-refractivity contribution in [2.45, 2.75) is 24.8 Å². The van der Waals surface area contributed by atoms with Gasteiger partial charge >= 0.3 is 0 Å². The predicted molar refractivity (Wildman–Crippen MR) is 143 cm³/mol. The Morgan fingerprint density at radius 2 is 2.11 bits per heavy atom. The summed E-state index contributed by atoms with van der Waals surface area (Å²) in [6, 6.07) is 15.3. The molecular formula is C27H22N6O2S2. The Labute approximate surface area is 218 Å². The van der Waals surface area contributed by atoms with E-state index in [-0.39, 0.29) is 11.4 Å². The van der Waals surface area contributed by atoms with E-state index in [4.69, 9.17) is 0 Å². The normalized spacial score (nSPS) is 12.1. The number of hydrogen-bond acceptors (Lipinski definition) is 6. The summed E-state index contributed by atoms with van der Waals surface area (Å²) in [6.45, 7) is 2.58. The predicted octanol–water partition coefficient (Wildman–Crippen LogP) is 3.99. The van der Waals surface area contributed by atoms with E-state index in [9.17, 15) is 8.42 Å². The van der Waals surface area contributed by atoms with E-state index < -0.39 is 10.0 Å². The van der Waals surface area contributed by atoms with Crippen molar-refractivity contribution in [2.24, 2.45) is 0 Å². The molecule has 1 aliphatic rings. The van der Waals surface area contributed by atoms with Crippen LogP contribution >= 0.6 is 11.3 Å². The average molecular weight is 527 g/mol. The molecule has 0 amide bonds. The second-order valence-corrected chi connectivity index (χ2v) is 11.5. The van der Waals surface area contributed by atoms with Crippen LogP contribution in [0.4, 0.5) is 0 Å². The first-order chi connectivity index (χ1) is 18.0. The third-order valence-electron chi connectivity index (χ3n) is 6.22. The van der Waals surface area contributed by atoms with Crippen molar-refractivity contribution < 1.29 is 8.42 Å². The van der Waals surface area contributed by atoms with Gasteiger partial charge in [0.2, 0.25) is 10.0 Å². The number of thiophene rings is 1. The molecule has 2 N–H and O–H groups in total. The summed E-state index contributed by atoms with van der Waals surface area (Å²) >= 11 is 1.52.